The van der Waals surface area contributed by atoms with Gasteiger partial charge in [0.05, 0.1) is 6.26 Å². The Kier molecular flexibility index (Phi) is 3.97. The molecule has 0 fully saturated rings. The number of sulfonamides is 1. The lowest BCUT2D eigenvalue weighted by Gasteiger charge is -2.24. The molecule has 1 rings (SSSR count). The van der Waals surface area contributed by atoms with Gasteiger partial charge in [-0.2, -0.15) is 4.98 Å². The molecule has 1 aromatic rings. The van der Waals surface area contributed by atoms with Crippen molar-refractivity contribution >= 4 is 22.0 Å². The van der Waals surface area contributed by atoms with E-state index in [1.165, 1.54) is 0 Å². The molecule has 0 bridgehead atoms. The summed E-state index contributed by atoms with van der Waals surface area (Å²) in [5.41, 5.74) is -0.975. The Morgan fingerprint density at radius 3 is 2.61 bits per heavy atom. The molecule has 0 unspecified atom stereocenters. The molecule has 0 saturated carbocycles. The summed E-state index contributed by atoms with van der Waals surface area (Å²) >= 11 is 0. The first-order valence-corrected chi connectivity index (χ1v) is 6.90. The lowest BCUT2D eigenvalue weighted by molar-refractivity contribution is 0.0690. The molecule has 0 aliphatic carbocycles. The second kappa shape index (κ2) is 4.94. The van der Waals surface area contributed by atoms with Crippen LogP contribution in [0.25, 0.3) is 0 Å². The summed E-state index contributed by atoms with van der Waals surface area (Å²) in [6.45, 7) is 3.53. The molecular formula is C9H15N3O5S. The Labute approximate surface area is 104 Å². The quantitative estimate of drug-likeness (QED) is 0.674. The van der Waals surface area contributed by atoms with Gasteiger partial charge in [0.2, 0.25) is 10.0 Å². The van der Waals surface area contributed by atoms with Crippen LogP contribution < -0.4 is 10.0 Å². The standard InChI is InChI=1S/C9H15N3O5S/c1-9(2,12-18(3,15)16)5-10-8-11-6(4-17-8)7(13)14/h4,12H,5H2,1-3H3,(H,10,11)(H,13,14). The topological polar surface area (TPSA) is 122 Å². The molecule has 1 heterocycles. The second-order valence-corrected chi connectivity index (χ2v) is 6.20. The van der Waals surface area contributed by atoms with Crippen LogP contribution >= 0.6 is 0 Å². The molecule has 0 aliphatic heterocycles. The molecule has 3 N–H and O–H groups in total. The van der Waals surface area contributed by atoms with Gasteiger partial charge in [0.1, 0.15) is 6.26 Å². The van der Waals surface area contributed by atoms with Crippen molar-refractivity contribution in [3.8, 4) is 0 Å². The van der Waals surface area contributed by atoms with Gasteiger partial charge < -0.3 is 14.8 Å². The highest BCUT2D eigenvalue weighted by atomic mass is 32.2. The molecule has 0 amide bonds. The molecule has 0 radical (unpaired) electrons. The third-order valence-electron chi connectivity index (χ3n) is 1.87. The number of carboxylic acid groups (broad SMARTS) is 1. The fraction of sp³-hybridized carbons (Fsp3) is 0.556. The largest absolute Gasteiger partial charge is 0.476 e. The van der Waals surface area contributed by atoms with E-state index in [2.05, 4.69) is 15.0 Å². The van der Waals surface area contributed by atoms with Crippen molar-refractivity contribution in [2.24, 2.45) is 0 Å². The van der Waals surface area contributed by atoms with Crippen LogP contribution in [0.5, 0.6) is 0 Å². The van der Waals surface area contributed by atoms with Crippen LogP contribution in [0.15, 0.2) is 10.7 Å². The number of aromatic carboxylic acids is 1. The highest BCUT2D eigenvalue weighted by molar-refractivity contribution is 7.88. The van der Waals surface area contributed by atoms with Crippen LogP contribution in [0, 0.1) is 0 Å². The predicted molar refractivity (Wildman–Crippen MR) is 64.0 cm³/mol. The summed E-state index contributed by atoms with van der Waals surface area (Å²) in [5, 5.41) is 11.4. The number of nitrogens with zero attached hydrogens (tertiary/aromatic N) is 1. The minimum absolute atomic E-state index is 0.0239. The lowest BCUT2D eigenvalue weighted by Crippen LogP contribution is -2.47. The Hall–Kier alpha value is -1.61. The number of rotatable bonds is 6. The van der Waals surface area contributed by atoms with E-state index in [1.807, 2.05) is 0 Å². The van der Waals surface area contributed by atoms with Crippen molar-refractivity contribution in [1.82, 2.24) is 9.71 Å². The van der Waals surface area contributed by atoms with Gasteiger partial charge >= 0.3 is 5.97 Å². The van der Waals surface area contributed by atoms with Gasteiger partial charge in [-0.1, -0.05) is 0 Å². The van der Waals surface area contributed by atoms with Crippen molar-refractivity contribution < 1.29 is 22.7 Å². The molecule has 0 atom stereocenters. The van der Waals surface area contributed by atoms with Gasteiger partial charge in [0, 0.05) is 12.1 Å². The van der Waals surface area contributed by atoms with E-state index in [9.17, 15) is 13.2 Å². The molecule has 0 spiro atoms. The van der Waals surface area contributed by atoms with Crippen molar-refractivity contribution in [1.29, 1.82) is 0 Å². The monoisotopic (exact) mass is 277 g/mol. The van der Waals surface area contributed by atoms with Gasteiger partial charge in [-0.25, -0.2) is 17.9 Å². The maximum absolute atomic E-state index is 11.1. The number of aromatic nitrogens is 1. The molecular weight excluding hydrogens is 262 g/mol. The van der Waals surface area contributed by atoms with Crippen LogP contribution in [-0.4, -0.2) is 42.8 Å². The Morgan fingerprint density at radius 1 is 1.56 bits per heavy atom. The maximum Gasteiger partial charge on any atom is 0.357 e. The third kappa shape index (κ3) is 4.72. The zero-order valence-electron chi connectivity index (χ0n) is 10.2. The van der Waals surface area contributed by atoms with E-state index >= 15 is 0 Å². The Morgan fingerprint density at radius 2 is 2.17 bits per heavy atom. The van der Waals surface area contributed by atoms with E-state index in [0.29, 0.717) is 0 Å². The average Bonchev–Trinajstić information content (AvgIpc) is 2.59. The number of carboxylic acids is 1. The van der Waals surface area contributed by atoms with Gasteiger partial charge in [-0.3, -0.25) is 0 Å². The highest BCUT2D eigenvalue weighted by Gasteiger charge is 2.22. The second-order valence-electron chi connectivity index (χ2n) is 4.45. The van der Waals surface area contributed by atoms with Crippen molar-refractivity contribution in [2.45, 2.75) is 19.4 Å². The molecule has 9 heteroatoms. The molecule has 0 aromatic carbocycles. The summed E-state index contributed by atoms with van der Waals surface area (Å²) < 4.78 is 29.5. The van der Waals surface area contributed by atoms with Crippen molar-refractivity contribution in [3.05, 3.63) is 12.0 Å². The van der Waals surface area contributed by atoms with Gasteiger partial charge in [-0.15, -0.1) is 0 Å². The van der Waals surface area contributed by atoms with Crippen molar-refractivity contribution in [2.75, 3.05) is 18.1 Å². The number of anilines is 1. The van der Waals surface area contributed by atoms with Gasteiger partial charge in [0.25, 0.3) is 6.01 Å². The Balaban J connectivity index is 2.61. The molecule has 102 valence electrons. The van der Waals surface area contributed by atoms with E-state index in [4.69, 9.17) is 9.52 Å². The first-order valence-electron chi connectivity index (χ1n) is 5.01. The van der Waals surface area contributed by atoms with Gasteiger partial charge in [0.15, 0.2) is 5.69 Å². The fourth-order valence-electron chi connectivity index (χ4n) is 1.29. The molecule has 8 nitrogen and oxygen atoms in total. The summed E-state index contributed by atoms with van der Waals surface area (Å²) in [6.07, 6.45) is 2.06. The van der Waals surface area contributed by atoms with Crippen LogP contribution in [0.3, 0.4) is 0 Å². The molecule has 18 heavy (non-hydrogen) atoms. The summed E-state index contributed by atoms with van der Waals surface area (Å²) in [5.74, 6) is -1.19. The lowest BCUT2D eigenvalue weighted by atomic mass is 10.1. The number of hydrogen-bond donors (Lipinski definition) is 3. The average molecular weight is 277 g/mol. The third-order valence-corrected chi connectivity index (χ3v) is 2.79. The highest BCUT2D eigenvalue weighted by Crippen LogP contribution is 2.10. The maximum atomic E-state index is 11.1. The molecule has 0 saturated heterocycles. The minimum atomic E-state index is -3.33. The van der Waals surface area contributed by atoms with E-state index in [-0.39, 0.29) is 18.3 Å². The first kappa shape index (κ1) is 14.5. The van der Waals surface area contributed by atoms with Crippen LogP contribution in [0.2, 0.25) is 0 Å². The zero-order valence-corrected chi connectivity index (χ0v) is 11.0. The smallest absolute Gasteiger partial charge is 0.357 e. The number of hydrogen-bond acceptors (Lipinski definition) is 6. The number of oxazole rings is 1. The molecule has 1 aromatic heterocycles. The normalized spacial score (nSPS) is 12.4. The van der Waals surface area contributed by atoms with E-state index in [0.717, 1.165) is 12.5 Å². The van der Waals surface area contributed by atoms with E-state index < -0.39 is 21.5 Å². The van der Waals surface area contributed by atoms with Crippen molar-refractivity contribution in [3.63, 3.8) is 0 Å². The van der Waals surface area contributed by atoms with Crippen LogP contribution in [-0.2, 0) is 10.0 Å². The fourth-order valence-corrected chi connectivity index (χ4v) is 2.36. The number of nitrogens with one attached hydrogen (secondary N) is 2. The minimum Gasteiger partial charge on any atom is -0.476 e. The summed E-state index contributed by atoms with van der Waals surface area (Å²) in [7, 11) is -3.33. The van der Waals surface area contributed by atoms with Crippen LogP contribution in [0.4, 0.5) is 6.01 Å². The first-order chi connectivity index (χ1) is 8.09. The van der Waals surface area contributed by atoms with Crippen LogP contribution in [0.1, 0.15) is 24.3 Å². The summed E-state index contributed by atoms with van der Waals surface area (Å²) in [4.78, 5) is 14.2. The molecule has 0 aliphatic rings. The Bertz CT molecular complexity index is 534. The summed E-state index contributed by atoms with van der Waals surface area (Å²) in [6, 6.07) is 0.0239. The SMILES string of the molecule is CC(C)(CNc1nc(C(=O)O)co1)NS(C)(=O)=O. The van der Waals surface area contributed by atoms with Gasteiger partial charge in [-0.05, 0) is 13.8 Å². The predicted octanol–water partition coefficient (Wildman–Crippen LogP) is 0.112. The van der Waals surface area contributed by atoms with E-state index in [1.54, 1.807) is 13.8 Å². The zero-order chi connectivity index (χ0) is 14.0. The number of carbonyl (C=O) groups is 1.